The van der Waals surface area contributed by atoms with E-state index in [1.54, 1.807) is 15.6 Å². The van der Waals surface area contributed by atoms with Crippen LogP contribution in [0.1, 0.15) is 30.9 Å². The van der Waals surface area contributed by atoms with Gasteiger partial charge >= 0.3 is 0 Å². The van der Waals surface area contributed by atoms with E-state index in [1.807, 2.05) is 18.2 Å². The molecule has 11 nitrogen and oxygen atoms in total. The summed E-state index contributed by atoms with van der Waals surface area (Å²) in [5.41, 5.74) is 2.04. The van der Waals surface area contributed by atoms with Crippen molar-refractivity contribution < 1.29 is 22.7 Å². The van der Waals surface area contributed by atoms with Crippen molar-refractivity contribution in [2.45, 2.75) is 37.3 Å². The number of aromatic nitrogens is 6. The zero-order valence-corrected chi connectivity index (χ0v) is 22.0. The summed E-state index contributed by atoms with van der Waals surface area (Å²) in [6, 6.07) is 10.3. The third kappa shape index (κ3) is 5.18. The SMILES string of the molecule is O=C(Nc1ccc(F)nc1)[C@@H]1C[C@H](Oc2ccc(F)cc2F)CN1c1nc(Nc2cc(C3CC3)[nH]n2)c2cccn2n1. The molecule has 1 amide bonds. The Labute approximate surface area is 236 Å². The van der Waals surface area contributed by atoms with Crippen LogP contribution in [-0.2, 0) is 4.79 Å². The maximum Gasteiger partial charge on any atom is 0.247 e. The maximum absolute atomic E-state index is 14.4. The first kappa shape index (κ1) is 25.8. The number of fused-ring (bicyclic) bond motifs is 1. The van der Waals surface area contributed by atoms with Crippen LogP contribution in [0.2, 0.25) is 0 Å². The molecule has 2 fully saturated rings. The zero-order chi connectivity index (χ0) is 28.8. The molecule has 2 aliphatic rings. The fourth-order valence-corrected chi connectivity index (χ4v) is 5.04. The predicted octanol–water partition coefficient (Wildman–Crippen LogP) is 4.55. The number of hydrogen-bond donors (Lipinski definition) is 3. The molecule has 1 aliphatic heterocycles. The average molecular weight is 576 g/mol. The molecule has 7 rings (SSSR count). The lowest BCUT2D eigenvalue weighted by atomic mass is 10.1. The van der Waals surface area contributed by atoms with Crippen molar-refractivity contribution in [2.24, 2.45) is 0 Å². The van der Waals surface area contributed by atoms with Gasteiger partial charge in [-0.2, -0.15) is 14.5 Å². The number of aromatic amines is 1. The highest BCUT2D eigenvalue weighted by molar-refractivity contribution is 5.97. The van der Waals surface area contributed by atoms with Crippen molar-refractivity contribution >= 4 is 34.7 Å². The number of nitrogens with zero attached hydrogens (tertiary/aromatic N) is 6. The monoisotopic (exact) mass is 575 g/mol. The molecule has 0 unspecified atom stereocenters. The number of halogens is 3. The molecule has 4 aromatic heterocycles. The normalized spacial score (nSPS) is 18.4. The van der Waals surface area contributed by atoms with Crippen LogP contribution >= 0.6 is 0 Å². The molecule has 3 N–H and O–H groups in total. The number of H-pyrrole nitrogens is 1. The van der Waals surface area contributed by atoms with Crippen molar-refractivity contribution in [3.05, 3.63) is 84.2 Å². The lowest BCUT2D eigenvalue weighted by Gasteiger charge is -2.24. The molecule has 0 radical (unpaired) electrons. The number of hydrogen-bond acceptors (Lipinski definition) is 8. The molecule has 5 aromatic rings. The summed E-state index contributed by atoms with van der Waals surface area (Å²) in [7, 11) is 0. The molecular weight excluding hydrogens is 551 g/mol. The van der Waals surface area contributed by atoms with E-state index < -0.39 is 35.6 Å². The molecule has 5 heterocycles. The first-order valence-electron chi connectivity index (χ1n) is 13.4. The van der Waals surface area contributed by atoms with Gasteiger partial charge in [0.1, 0.15) is 23.5 Å². The Hall–Kier alpha value is -5.14. The number of benzene rings is 1. The van der Waals surface area contributed by atoms with Crippen LogP contribution in [0.15, 0.2) is 60.9 Å². The van der Waals surface area contributed by atoms with Gasteiger partial charge in [0.2, 0.25) is 17.8 Å². The van der Waals surface area contributed by atoms with Gasteiger partial charge in [0.05, 0.1) is 18.4 Å². The lowest BCUT2D eigenvalue weighted by Crippen LogP contribution is -2.41. The maximum atomic E-state index is 14.4. The number of nitrogens with one attached hydrogen (secondary N) is 3. The van der Waals surface area contributed by atoms with Crippen molar-refractivity contribution in [1.29, 1.82) is 0 Å². The molecule has 1 aromatic carbocycles. The van der Waals surface area contributed by atoms with E-state index in [-0.39, 0.29) is 24.7 Å². The van der Waals surface area contributed by atoms with Crippen LogP contribution in [-0.4, -0.2) is 54.4 Å². The van der Waals surface area contributed by atoms with Gasteiger partial charge in [0, 0.05) is 36.4 Å². The minimum absolute atomic E-state index is 0.122. The minimum Gasteiger partial charge on any atom is -0.485 e. The number of pyridine rings is 1. The summed E-state index contributed by atoms with van der Waals surface area (Å²) >= 11 is 0. The molecule has 42 heavy (non-hydrogen) atoms. The van der Waals surface area contributed by atoms with Gasteiger partial charge in [-0.3, -0.25) is 9.89 Å². The van der Waals surface area contributed by atoms with E-state index in [1.165, 1.54) is 18.3 Å². The molecule has 1 aliphatic carbocycles. The van der Waals surface area contributed by atoms with Crippen molar-refractivity contribution in [3.63, 3.8) is 0 Å². The van der Waals surface area contributed by atoms with Crippen molar-refractivity contribution in [1.82, 2.24) is 29.8 Å². The van der Waals surface area contributed by atoms with E-state index in [2.05, 4.69) is 30.9 Å². The van der Waals surface area contributed by atoms with E-state index in [9.17, 15) is 18.0 Å². The number of ether oxygens (including phenoxy) is 1. The smallest absolute Gasteiger partial charge is 0.247 e. The summed E-state index contributed by atoms with van der Waals surface area (Å²) < 4.78 is 48.7. The van der Waals surface area contributed by atoms with Crippen LogP contribution in [0.4, 0.5) is 36.4 Å². The molecule has 1 saturated carbocycles. The second-order valence-corrected chi connectivity index (χ2v) is 10.3. The molecule has 214 valence electrons. The van der Waals surface area contributed by atoms with Gasteiger partial charge < -0.3 is 20.3 Å². The van der Waals surface area contributed by atoms with Gasteiger partial charge in [0.25, 0.3) is 0 Å². The summed E-state index contributed by atoms with van der Waals surface area (Å²) in [5.74, 6) is -1.08. The van der Waals surface area contributed by atoms with Gasteiger partial charge in [0.15, 0.2) is 23.2 Å². The highest BCUT2D eigenvalue weighted by Crippen LogP contribution is 2.40. The van der Waals surface area contributed by atoms with Crippen LogP contribution in [0, 0.1) is 17.6 Å². The van der Waals surface area contributed by atoms with Gasteiger partial charge in [-0.05, 0) is 49.2 Å². The number of carbonyl (C=O) groups excluding carboxylic acids is 1. The van der Waals surface area contributed by atoms with Crippen LogP contribution in [0.3, 0.4) is 0 Å². The van der Waals surface area contributed by atoms with E-state index in [4.69, 9.17) is 9.72 Å². The predicted molar refractivity (Wildman–Crippen MR) is 146 cm³/mol. The third-order valence-corrected chi connectivity index (χ3v) is 7.25. The number of anilines is 4. The summed E-state index contributed by atoms with van der Waals surface area (Å²) in [5, 5.41) is 18.0. The first-order chi connectivity index (χ1) is 20.4. The van der Waals surface area contributed by atoms with E-state index in [0.29, 0.717) is 28.8 Å². The number of carbonyl (C=O) groups is 1. The third-order valence-electron chi connectivity index (χ3n) is 7.25. The fourth-order valence-electron chi connectivity index (χ4n) is 5.04. The Morgan fingerprint density at radius 2 is 1.98 bits per heavy atom. The van der Waals surface area contributed by atoms with E-state index >= 15 is 0 Å². The molecular formula is C28H24F3N9O2. The summed E-state index contributed by atoms with van der Waals surface area (Å²) in [6.45, 7) is 0.122. The Kier molecular flexibility index (Phi) is 6.36. The van der Waals surface area contributed by atoms with Crippen molar-refractivity contribution in [3.8, 4) is 5.75 Å². The van der Waals surface area contributed by atoms with Crippen LogP contribution in [0.25, 0.3) is 5.52 Å². The molecule has 0 bridgehead atoms. The molecule has 14 heteroatoms. The highest BCUT2D eigenvalue weighted by Gasteiger charge is 2.40. The standard InChI is InChI=1S/C28H24F3N9O2/c29-16-5-7-23(19(30)10-16)42-18-11-22(27(41)33-17-6-8-24(31)32-13-17)39(14-18)28-35-26(21-2-1-9-40(21)38-28)34-25-12-20(36-37-25)15-3-4-15/h1-2,5-10,12-13,15,18,22H,3-4,11,14H2,(H,33,41)(H2,34,35,36,37,38)/t18-,22-/m0/s1. The Morgan fingerprint density at radius 3 is 2.76 bits per heavy atom. The second-order valence-electron chi connectivity index (χ2n) is 10.3. The lowest BCUT2D eigenvalue weighted by molar-refractivity contribution is -0.117. The fraction of sp³-hybridized carbons (Fsp3) is 0.250. The van der Waals surface area contributed by atoms with Crippen LogP contribution in [0.5, 0.6) is 5.75 Å². The average Bonchev–Trinajstić information content (AvgIpc) is 3.33. The number of amides is 1. The first-order valence-corrected chi connectivity index (χ1v) is 13.4. The second kappa shape index (κ2) is 10.4. The largest absolute Gasteiger partial charge is 0.485 e. The highest BCUT2D eigenvalue weighted by atomic mass is 19.1. The topological polar surface area (TPSA) is 125 Å². The zero-order valence-electron chi connectivity index (χ0n) is 22.0. The molecule has 2 atom stereocenters. The summed E-state index contributed by atoms with van der Waals surface area (Å²) in [6.07, 6.45) is 4.68. The Bertz CT molecular complexity index is 1770. The number of rotatable bonds is 8. The quantitative estimate of drug-likeness (QED) is 0.230. The minimum atomic E-state index is -0.854. The van der Waals surface area contributed by atoms with Gasteiger partial charge in [-0.1, -0.05) is 0 Å². The molecule has 1 saturated heterocycles. The Balaban J connectivity index is 1.21. The van der Waals surface area contributed by atoms with Gasteiger partial charge in [-0.15, -0.1) is 5.10 Å². The van der Waals surface area contributed by atoms with Gasteiger partial charge in [-0.25, -0.2) is 18.3 Å². The van der Waals surface area contributed by atoms with E-state index in [0.717, 1.165) is 36.7 Å². The van der Waals surface area contributed by atoms with Crippen molar-refractivity contribution in [2.75, 3.05) is 22.1 Å². The summed E-state index contributed by atoms with van der Waals surface area (Å²) in [4.78, 5) is 23.5. The molecule has 0 spiro atoms. The Morgan fingerprint density at radius 1 is 1.10 bits per heavy atom. The van der Waals surface area contributed by atoms with Crippen LogP contribution < -0.4 is 20.3 Å².